The first-order chi connectivity index (χ1) is 5.77. The number of imidazole rings is 1. The number of likely N-dealkylation sites (N-methyl/N-ethyl adjacent to an activating group) is 1. The van der Waals surface area contributed by atoms with Gasteiger partial charge in [0.15, 0.2) is 0 Å². The van der Waals surface area contributed by atoms with Gasteiger partial charge in [0.05, 0.1) is 0 Å². The summed E-state index contributed by atoms with van der Waals surface area (Å²) in [5.74, 6) is 0.946. The van der Waals surface area contributed by atoms with Crippen molar-refractivity contribution in [2.24, 2.45) is 0 Å². The normalized spacial score (nSPS) is 9.83. The highest BCUT2D eigenvalue weighted by Gasteiger charge is 2.03. The molecule has 0 spiro atoms. The summed E-state index contributed by atoms with van der Waals surface area (Å²) in [5.41, 5.74) is 0. The smallest absolute Gasteiger partial charge is 0.239 e. The molecule has 4 heteroatoms. The third-order valence-corrected chi connectivity index (χ3v) is 1.71. The molecule has 0 fully saturated rings. The van der Waals surface area contributed by atoms with Crippen molar-refractivity contribution in [3.05, 3.63) is 18.2 Å². The van der Waals surface area contributed by atoms with Crippen LogP contribution in [0, 0.1) is 0 Å². The summed E-state index contributed by atoms with van der Waals surface area (Å²) in [4.78, 5) is 15.1. The van der Waals surface area contributed by atoms with E-state index in [4.69, 9.17) is 0 Å². The summed E-state index contributed by atoms with van der Waals surface area (Å²) in [6.45, 7) is 2.38. The van der Waals surface area contributed by atoms with Crippen LogP contribution in [0.4, 0.5) is 0 Å². The summed E-state index contributed by atoms with van der Waals surface area (Å²) >= 11 is 0. The number of nitrogens with zero attached hydrogens (tertiary/aromatic N) is 2. The van der Waals surface area contributed by atoms with E-state index in [1.54, 1.807) is 13.2 Å². The summed E-state index contributed by atoms with van der Waals surface area (Å²) in [6, 6.07) is 0. The van der Waals surface area contributed by atoms with Gasteiger partial charge in [0.25, 0.3) is 0 Å². The van der Waals surface area contributed by atoms with E-state index in [1.807, 2.05) is 17.7 Å². The fraction of sp³-hybridized carbons (Fsp3) is 0.500. The van der Waals surface area contributed by atoms with Crippen molar-refractivity contribution in [1.29, 1.82) is 0 Å². The van der Waals surface area contributed by atoms with Crippen LogP contribution in [0.1, 0.15) is 12.7 Å². The molecule has 0 saturated heterocycles. The van der Waals surface area contributed by atoms with Crippen molar-refractivity contribution >= 4 is 5.91 Å². The van der Waals surface area contributed by atoms with Gasteiger partial charge in [0, 0.05) is 25.9 Å². The second kappa shape index (κ2) is 3.90. The Hall–Kier alpha value is -1.32. The van der Waals surface area contributed by atoms with Crippen LogP contribution in [-0.2, 0) is 17.8 Å². The molecule has 0 aliphatic heterocycles. The molecular formula is C8H13N3O. The Labute approximate surface area is 71.6 Å². The molecule has 12 heavy (non-hydrogen) atoms. The topological polar surface area (TPSA) is 46.9 Å². The Bertz CT molecular complexity index is 267. The first-order valence-corrected chi connectivity index (χ1v) is 3.98. The van der Waals surface area contributed by atoms with Crippen molar-refractivity contribution in [1.82, 2.24) is 14.9 Å². The van der Waals surface area contributed by atoms with E-state index in [1.165, 1.54) is 0 Å². The Morgan fingerprint density at radius 2 is 2.50 bits per heavy atom. The lowest BCUT2D eigenvalue weighted by Crippen LogP contribution is -2.24. The van der Waals surface area contributed by atoms with E-state index >= 15 is 0 Å². The quantitative estimate of drug-likeness (QED) is 0.698. The van der Waals surface area contributed by atoms with Gasteiger partial charge < -0.3 is 9.88 Å². The van der Waals surface area contributed by atoms with Crippen LogP contribution in [0.3, 0.4) is 0 Å². The fourth-order valence-corrected chi connectivity index (χ4v) is 1.03. The second-order valence-corrected chi connectivity index (χ2v) is 2.50. The number of nitrogens with one attached hydrogen (secondary N) is 1. The summed E-state index contributed by atoms with van der Waals surface area (Å²) in [5, 5.41) is 2.57. The van der Waals surface area contributed by atoms with E-state index < -0.39 is 0 Å². The molecule has 0 aromatic carbocycles. The van der Waals surface area contributed by atoms with E-state index in [2.05, 4.69) is 10.3 Å². The standard InChI is InChI=1S/C8H13N3O/c1-3-7-10-4-5-11(7)6-8(12)9-2/h4-5H,3,6H2,1-2H3,(H,9,12). The van der Waals surface area contributed by atoms with Crippen LogP contribution in [0.25, 0.3) is 0 Å². The van der Waals surface area contributed by atoms with Gasteiger partial charge >= 0.3 is 0 Å². The average molecular weight is 167 g/mol. The second-order valence-electron chi connectivity index (χ2n) is 2.50. The molecule has 1 heterocycles. The molecule has 1 aromatic heterocycles. The third kappa shape index (κ3) is 1.84. The summed E-state index contributed by atoms with van der Waals surface area (Å²) in [6.07, 6.45) is 4.37. The Morgan fingerprint density at radius 3 is 3.08 bits per heavy atom. The zero-order chi connectivity index (χ0) is 8.97. The Balaban J connectivity index is 2.68. The highest BCUT2D eigenvalue weighted by molar-refractivity contribution is 5.75. The highest BCUT2D eigenvalue weighted by Crippen LogP contribution is 1.97. The first-order valence-electron chi connectivity index (χ1n) is 3.98. The molecule has 1 aromatic rings. The van der Waals surface area contributed by atoms with Crippen molar-refractivity contribution < 1.29 is 4.79 Å². The van der Waals surface area contributed by atoms with Crippen molar-refractivity contribution in [3.63, 3.8) is 0 Å². The first kappa shape index (κ1) is 8.77. The molecule has 66 valence electrons. The van der Waals surface area contributed by atoms with Gasteiger partial charge in [-0.15, -0.1) is 0 Å². The van der Waals surface area contributed by atoms with Gasteiger partial charge in [0.1, 0.15) is 12.4 Å². The zero-order valence-electron chi connectivity index (χ0n) is 7.37. The molecule has 1 N–H and O–H groups in total. The number of rotatable bonds is 3. The maximum atomic E-state index is 11.0. The average Bonchev–Trinajstić information content (AvgIpc) is 2.51. The lowest BCUT2D eigenvalue weighted by atomic mass is 10.4. The fourth-order valence-electron chi connectivity index (χ4n) is 1.03. The molecule has 0 bridgehead atoms. The van der Waals surface area contributed by atoms with Crippen molar-refractivity contribution in [3.8, 4) is 0 Å². The van der Waals surface area contributed by atoms with Gasteiger partial charge in [-0.3, -0.25) is 4.79 Å². The SMILES string of the molecule is CCc1nccn1CC(=O)NC. The summed E-state index contributed by atoms with van der Waals surface area (Å²) in [7, 11) is 1.63. The zero-order valence-corrected chi connectivity index (χ0v) is 7.37. The molecule has 4 nitrogen and oxygen atoms in total. The van der Waals surface area contributed by atoms with E-state index in [0.717, 1.165) is 12.2 Å². The largest absolute Gasteiger partial charge is 0.358 e. The molecule has 0 aliphatic carbocycles. The number of aryl methyl sites for hydroxylation is 1. The number of aromatic nitrogens is 2. The van der Waals surface area contributed by atoms with Gasteiger partial charge in [0.2, 0.25) is 5.91 Å². The van der Waals surface area contributed by atoms with Crippen LogP contribution in [0.15, 0.2) is 12.4 Å². The van der Waals surface area contributed by atoms with Gasteiger partial charge in [-0.2, -0.15) is 0 Å². The van der Waals surface area contributed by atoms with E-state index in [-0.39, 0.29) is 5.91 Å². The number of carbonyl (C=O) groups excluding carboxylic acids is 1. The molecule has 0 radical (unpaired) electrons. The van der Waals surface area contributed by atoms with Gasteiger partial charge in [-0.05, 0) is 0 Å². The molecule has 0 unspecified atom stereocenters. The van der Waals surface area contributed by atoms with E-state index in [0.29, 0.717) is 6.54 Å². The predicted octanol–water partition coefficient (Wildman–Crippen LogP) is 0.191. The van der Waals surface area contributed by atoms with Gasteiger partial charge in [-0.25, -0.2) is 4.98 Å². The van der Waals surface area contributed by atoms with Crippen LogP contribution in [0.5, 0.6) is 0 Å². The molecule has 0 atom stereocenters. The van der Waals surface area contributed by atoms with Gasteiger partial charge in [-0.1, -0.05) is 6.92 Å². The van der Waals surface area contributed by atoms with Crippen molar-refractivity contribution in [2.45, 2.75) is 19.9 Å². The van der Waals surface area contributed by atoms with Crippen LogP contribution >= 0.6 is 0 Å². The number of carbonyl (C=O) groups is 1. The molecule has 1 amide bonds. The molecule has 0 aliphatic rings. The van der Waals surface area contributed by atoms with Crippen LogP contribution in [0.2, 0.25) is 0 Å². The number of hydrogen-bond acceptors (Lipinski definition) is 2. The predicted molar refractivity (Wildman–Crippen MR) is 45.7 cm³/mol. The lowest BCUT2D eigenvalue weighted by Gasteiger charge is -2.03. The molecule has 1 rings (SSSR count). The number of hydrogen-bond donors (Lipinski definition) is 1. The van der Waals surface area contributed by atoms with Crippen molar-refractivity contribution in [2.75, 3.05) is 7.05 Å². The van der Waals surface area contributed by atoms with E-state index in [9.17, 15) is 4.79 Å². The Morgan fingerprint density at radius 1 is 1.75 bits per heavy atom. The van der Waals surface area contributed by atoms with Crippen LogP contribution in [-0.4, -0.2) is 22.5 Å². The lowest BCUT2D eigenvalue weighted by molar-refractivity contribution is -0.121. The Kier molecular flexibility index (Phi) is 2.85. The number of amides is 1. The highest BCUT2D eigenvalue weighted by atomic mass is 16.1. The summed E-state index contributed by atoms with van der Waals surface area (Å²) < 4.78 is 1.85. The maximum Gasteiger partial charge on any atom is 0.239 e. The van der Waals surface area contributed by atoms with Crippen LogP contribution < -0.4 is 5.32 Å². The molecule has 0 saturated carbocycles. The molecular weight excluding hydrogens is 154 g/mol. The minimum Gasteiger partial charge on any atom is -0.358 e. The third-order valence-electron chi connectivity index (χ3n) is 1.71. The minimum absolute atomic E-state index is 0.00250. The monoisotopic (exact) mass is 167 g/mol. The minimum atomic E-state index is 0.00250. The maximum absolute atomic E-state index is 11.0.